The summed E-state index contributed by atoms with van der Waals surface area (Å²) in [5.41, 5.74) is 7.65. The van der Waals surface area contributed by atoms with Gasteiger partial charge in [0.25, 0.3) is 5.56 Å². The van der Waals surface area contributed by atoms with Crippen LogP contribution in [0.25, 0.3) is 22.3 Å². The van der Waals surface area contributed by atoms with E-state index >= 15 is 4.39 Å². The molecule has 0 saturated heterocycles. The molecule has 0 saturated carbocycles. The van der Waals surface area contributed by atoms with Gasteiger partial charge in [-0.15, -0.1) is 0 Å². The number of methoxy groups -OCH3 is 1. The number of halogens is 1. The van der Waals surface area contributed by atoms with Gasteiger partial charge in [0.2, 0.25) is 53.2 Å². The molecule has 0 spiro atoms. The van der Waals surface area contributed by atoms with E-state index in [4.69, 9.17) is 43.9 Å². The number of hydrogen-bond acceptors (Lipinski definition) is 21. The number of hydrogen-bond donors (Lipinski definition) is 11. The topological polar surface area (TPSA) is 425 Å². The minimum Gasteiger partial charge on any atom is -0.458 e. The zero-order valence-electron chi connectivity index (χ0n) is 54.0. The number of rotatable bonds is 41. The summed E-state index contributed by atoms with van der Waals surface area (Å²) in [6, 6.07) is 8.83. The molecule has 3 aliphatic rings. The van der Waals surface area contributed by atoms with Crippen molar-refractivity contribution in [2.24, 2.45) is 5.73 Å². The molecule has 12 N–H and O–H groups in total. The summed E-state index contributed by atoms with van der Waals surface area (Å²) in [7, 11) is 1.60. The van der Waals surface area contributed by atoms with Crippen LogP contribution in [0.1, 0.15) is 90.4 Å². The predicted molar refractivity (Wildman–Crippen MR) is 339 cm³/mol. The van der Waals surface area contributed by atoms with Gasteiger partial charge < -0.3 is 96.4 Å². The number of nitrogens with two attached hydrogens (primary N) is 1. The number of esters is 1. The normalized spacial score (nSPS) is 15.6. The first-order valence-corrected chi connectivity index (χ1v) is 31.7. The Morgan fingerprint density at radius 1 is 0.719 bits per heavy atom. The quantitative estimate of drug-likeness (QED) is 0.0112. The molecule has 4 aromatic rings. The molecule has 31 nitrogen and oxygen atoms in total. The predicted octanol–water partition coefficient (Wildman–Crippen LogP) is -2.25. The Kier molecular flexibility index (Phi) is 29.0. The Hall–Kier alpha value is -8.89. The number of aromatic nitrogens is 2. The molecule has 2 aliphatic heterocycles. The fraction of sp³-hybridized carbons (Fsp3) is 0.531. The number of aryl methyl sites for hydroxylation is 1. The number of unbranched alkanes of at least 4 members (excludes halogenated alkanes) is 1. The molecular formula is C64H85FN12O19. The summed E-state index contributed by atoms with van der Waals surface area (Å²) in [5, 5.41) is 35.0. The van der Waals surface area contributed by atoms with Gasteiger partial charge in [0, 0.05) is 62.2 Å². The molecule has 0 fully saturated rings. The highest BCUT2D eigenvalue weighted by molar-refractivity contribution is 5.95. The second-order valence-electron chi connectivity index (χ2n) is 22.8. The van der Waals surface area contributed by atoms with Gasteiger partial charge in [0.1, 0.15) is 45.0 Å². The average molecular weight is 1350 g/mol. The van der Waals surface area contributed by atoms with Gasteiger partial charge in [-0.05, 0) is 73.8 Å². The van der Waals surface area contributed by atoms with Crippen LogP contribution in [0, 0.1) is 12.7 Å². The molecule has 0 bridgehead atoms. The Bertz CT molecular complexity index is 3500. The molecule has 0 unspecified atom stereocenters. The van der Waals surface area contributed by atoms with Crippen LogP contribution in [-0.4, -0.2) is 205 Å². The van der Waals surface area contributed by atoms with Crippen molar-refractivity contribution in [3.8, 4) is 11.4 Å². The second kappa shape index (κ2) is 37.4. The van der Waals surface area contributed by atoms with Crippen LogP contribution in [-0.2, 0) is 113 Å². The van der Waals surface area contributed by atoms with E-state index < -0.39 is 135 Å². The Morgan fingerprint density at radius 2 is 1.36 bits per heavy atom. The lowest BCUT2D eigenvalue weighted by atomic mass is 9.81. The van der Waals surface area contributed by atoms with Gasteiger partial charge in [-0.2, -0.15) is 0 Å². The van der Waals surface area contributed by atoms with Crippen molar-refractivity contribution < 1.29 is 90.6 Å². The number of aliphatic hydroxyl groups is 1. The molecule has 2 aromatic heterocycles. The number of nitrogens with zero attached hydrogens (tertiary/aromatic N) is 2. The molecule has 1 aliphatic carbocycles. The first-order chi connectivity index (χ1) is 46.2. The molecule has 96 heavy (non-hydrogen) atoms. The number of nitrogens with one attached hydrogen (secondary N) is 9. The van der Waals surface area contributed by atoms with Crippen LogP contribution in [0.15, 0.2) is 47.3 Å². The maximum absolute atomic E-state index is 15.4. The third kappa shape index (κ3) is 21.3. The highest BCUT2D eigenvalue weighted by Gasteiger charge is 2.46. The van der Waals surface area contributed by atoms with Gasteiger partial charge in [-0.3, -0.25) is 47.9 Å². The number of fused-ring (bicyclic) bond motifs is 5. The fourth-order valence-corrected chi connectivity index (χ4v) is 10.9. The largest absolute Gasteiger partial charge is 0.458 e. The van der Waals surface area contributed by atoms with Crippen LogP contribution < -0.4 is 59.1 Å². The number of pyridine rings is 2. The number of amides is 9. The Labute approximate surface area is 552 Å². The molecule has 7 rings (SSSR count). The van der Waals surface area contributed by atoms with Gasteiger partial charge in [-0.25, -0.2) is 14.2 Å². The molecule has 0 radical (unpaired) electrons. The molecule has 4 atom stereocenters. The highest BCUT2D eigenvalue weighted by atomic mass is 19.1. The lowest BCUT2D eigenvalue weighted by molar-refractivity contribution is -0.172. The number of benzene rings is 2. The van der Waals surface area contributed by atoms with Crippen LogP contribution in [0.4, 0.5) is 4.39 Å². The number of carbonyl (C=O) groups excluding carboxylic acids is 10. The lowest BCUT2D eigenvalue weighted by Gasteiger charge is -2.31. The van der Waals surface area contributed by atoms with E-state index in [0.29, 0.717) is 128 Å². The van der Waals surface area contributed by atoms with E-state index in [0.717, 1.165) is 0 Å². The van der Waals surface area contributed by atoms with Crippen molar-refractivity contribution in [3.05, 3.63) is 97.6 Å². The SMILES string of the molecule is CC[C@@]1(O)C(=O)OCc2c1cc1n(c2=O)Cc2c-1nc1cc(F)c(C)c3c1c2[C@@H](NC(=O)COCNC(=O)CNC(=O)[C@H](Cc1ccccc1)NC(=O)CNC(=O)CNC(=O)COCC(=O)NCCNC(=O)[C@@H](N)CCCCNC(=O)CCOCCOCCOCCOC)CC3. The van der Waals surface area contributed by atoms with Gasteiger partial charge in [0.15, 0.2) is 5.60 Å². The van der Waals surface area contributed by atoms with Gasteiger partial charge in [-0.1, -0.05) is 37.3 Å². The van der Waals surface area contributed by atoms with Crippen molar-refractivity contribution in [1.82, 2.24) is 57.4 Å². The summed E-state index contributed by atoms with van der Waals surface area (Å²) in [6.45, 7) is 2.61. The van der Waals surface area contributed by atoms with E-state index in [1.165, 1.54) is 10.6 Å². The van der Waals surface area contributed by atoms with Gasteiger partial charge in [0.05, 0.1) is 107 Å². The first-order valence-electron chi connectivity index (χ1n) is 31.7. The molecule has 2 aromatic carbocycles. The van der Waals surface area contributed by atoms with E-state index in [9.17, 15) is 57.8 Å². The van der Waals surface area contributed by atoms with Crippen LogP contribution >= 0.6 is 0 Å². The van der Waals surface area contributed by atoms with E-state index in [-0.39, 0.29) is 69.1 Å². The van der Waals surface area contributed by atoms with Crippen molar-refractivity contribution in [1.29, 1.82) is 0 Å². The first kappa shape index (κ1) is 74.5. The Morgan fingerprint density at radius 3 is 2.09 bits per heavy atom. The average Bonchev–Trinajstić information content (AvgIpc) is 1.47. The molecule has 4 heterocycles. The van der Waals surface area contributed by atoms with Crippen molar-refractivity contribution in [2.75, 3.05) is 119 Å². The van der Waals surface area contributed by atoms with E-state index in [1.54, 1.807) is 57.4 Å². The smallest absolute Gasteiger partial charge is 0.343 e. The number of cyclic esters (lactones) is 1. The van der Waals surface area contributed by atoms with Crippen LogP contribution in [0.5, 0.6) is 0 Å². The van der Waals surface area contributed by atoms with Gasteiger partial charge >= 0.3 is 5.97 Å². The van der Waals surface area contributed by atoms with Crippen LogP contribution in [0.3, 0.4) is 0 Å². The number of ether oxygens (including phenoxy) is 7. The Balaban J connectivity index is 0.746. The van der Waals surface area contributed by atoms with Crippen molar-refractivity contribution in [3.63, 3.8) is 0 Å². The highest BCUT2D eigenvalue weighted by Crippen LogP contribution is 2.46. The maximum Gasteiger partial charge on any atom is 0.343 e. The zero-order valence-corrected chi connectivity index (χ0v) is 54.0. The van der Waals surface area contributed by atoms with Crippen LogP contribution in [0.2, 0.25) is 0 Å². The summed E-state index contributed by atoms with van der Waals surface area (Å²) in [6.07, 6.45) is 2.43. The molecule has 32 heteroatoms. The maximum atomic E-state index is 15.4. The van der Waals surface area contributed by atoms with E-state index in [1.807, 2.05) is 0 Å². The molecule has 9 amide bonds. The standard InChI is InChI=1S/C64H85FN12O19/c1-4-64(89)43-27-49-59-41(32-77(49)62(87)42(43)33-96-63(64)88)58-46(14-13-40-38(2)44(65)28-47(76-59)57(40)58)74-56(84)36-95-37-73-52(80)30-72-61(86)48(26-39-10-6-5-7-11-39)75-53(81)31-70-51(79)29-71-55(83)35-94-34-54(82)68-17-18-69-60(85)45(66)12-8-9-16-67-50(78)15-19-91-22-23-93-25-24-92-21-20-90-3/h5-7,10-11,27-28,45-46,48,89H,4,8-9,12-26,29-37,66H2,1-3H3,(H,67,78)(H,68,82)(H,69,85)(H,70,79)(H,71,83)(H,72,86)(H,73,80)(H,74,84)(H,75,81)/t45-,46-,48-,64-/m0/s1. The number of carbonyl (C=O) groups is 10. The minimum absolute atomic E-state index is 0.00650. The minimum atomic E-state index is -2.07. The van der Waals surface area contributed by atoms with Crippen molar-refractivity contribution in [2.45, 2.75) is 102 Å². The summed E-state index contributed by atoms with van der Waals surface area (Å²) in [5.74, 6) is -6.84. The summed E-state index contributed by atoms with van der Waals surface area (Å²) >= 11 is 0. The third-order valence-electron chi connectivity index (χ3n) is 16.0. The second-order valence-corrected chi connectivity index (χ2v) is 22.8. The van der Waals surface area contributed by atoms with E-state index in [2.05, 4.69) is 47.9 Å². The lowest BCUT2D eigenvalue weighted by Crippen LogP contribution is -2.52. The summed E-state index contributed by atoms with van der Waals surface area (Å²) in [4.78, 5) is 146. The monoisotopic (exact) mass is 1340 g/mol. The molecular weight excluding hydrogens is 1260 g/mol. The van der Waals surface area contributed by atoms with Crippen molar-refractivity contribution >= 4 is 70.0 Å². The summed E-state index contributed by atoms with van der Waals surface area (Å²) < 4.78 is 53.7. The third-order valence-corrected chi connectivity index (χ3v) is 16.0. The molecule has 522 valence electrons. The fourth-order valence-electron chi connectivity index (χ4n) is 10.9. The zero-order chi connectivity index (χ0) is 69.2.